The number of amides is 1. The van der Waals surface area contributed by atoms with Crippen molar-refractivity contribution >= 4 is 5.91 Å². The van der Waals surface area contributed by atoms with Crippen LogP contribution in [0.1, 0.15) is 75.9 Å². The van der Waals surface area contributed by atoms with Crippen LogP contribution in [0.25, 0.3) is 0 Å². The molecule has 158 valence electrons. The highest BCUT2D eigenvalue weighted by atomic mass is 16.5. The van der Waals surface area contributed by atoms with Crippen LogP contribution in [-0.4, -0.2) is 18.6 Å². The SMILES string of the molecule is CCCC(C)NC(=O)c1ccc(OCC)c(COc2ccccc2C(C)(C)C)c1. The molecule has 0 aliphatic carbocycles. The summed E-state index contributed by atoms with van der Waals surface area (Å²) in [6, 6.07) is 13.8. The van der Waals surface area contributed by atoms with Gasteiger partial charge in [0.25, 0.3) is 5.91 Å². The van der Waals surface area contributed by atoms with Crippen LogP contribution >= 0.6 is 0 Å². The molecule has 0 aliphatic heterocycles. The molecule has 1 N–H and O–H groups in total. The highest BCUT2D eigenvalue weighted by Gasteiger charge is 2.19. The topological polar surface area (TPSA) is 47.6 Å². The van der Waals surface area contributed by atoms with Crippen molar-refractivity contribution < 1.29 is 14.3 Å². The molecule has 1 unspecified atom stereocenters. The summed E-state index contributed by atoms with van der Waals surface area (Å²) < 4.78 is 11.9. The Morgan fingerprint density at radius 3 is 2.41 bits per heavy atom. The largest absolute Gasteiger partial charge is 0.493 e. The summed E-state index contributed by atoms with van der Waals surface area (Å²) in [6.07, 6.45) is 2.00. The predicted molar refractivity (Wildman–Crippen MR) is 119 cm³/mol. The Morgan fingerprint density at radius 1 is 1.03 bits per heavy atom. The lowest BCUT2D eigenvalue weighted by molar-refractivity contribution is 0.0938. The molecule has 0 saturated carbocycles. The maximum Gasteiger partial charge on any atom is 0.251 e. The van der Waals surface area contributed by atoms with Gasteiger partial charge in [-0.1, -0.05) is 52.3 Å². The van der Waals surface area contributed by atoms with E-state index in [4.69, 9.17) is 9.47 Å². The number of benzene rings is 2. The standard InChI is InChI=1S/C25H35NO3/c1-7-11-18(3)26-24(27)19-14-15-22(28-8-2)20(16-19)17-29-23-13-10-9-12-21(23)25(4,5)6/h9-10,12-16,18H,7-8,11,17H2,1-6H3,(H,26,27). The maximum absolute atomic E-state index is 12.6. The molecule has 4 heteroatoms. The molecule has 0 aliphatic rings. The Bertz CT molecular complexity index is 808. The molecule has 1 atom stereocenters. The van der Waals surface area contributed by atoms with Gasteiger partial charge >= 0.3 is 0 Å². The summed E-state index contributed by atoms with van der Waals surface area (Å²) in [5.41, 5.74) is 2.63. The maximum atomic E-state index is 12.6. The number of rotatable bonds is 9. The summed E-state index contributed by atoms with van der Waals surface area (Å²) >= 11 is 0. The number of ether oxygens (including phenoxy) is 2. The van der Waals surface area contributed by atoms with Gasteiger partial charge in [0.2, 0.25) is 0 Å². The normalized spacial score (nSPS) is 12.3. The van der Waals surface area contributed by atoms with Gasteiger partial charge in [-0.3, -0.25) is 4.79 Å². The molecule has 0 heterocycles. The highest BCUT2D eigenvalue weighted by Crippen LogP contribution is 2.32. The second-order valence-corrected chi connectivity index (χ2v) is 8.45. The van der Waals surface area contributed by atoms with Gasteiger partial charge in [-0.2, -0.15) is 0 Å². The van der Waals surface area contributed by atoms with Gasteiger partial charge in [-0.05, 0) is 55.5 Å². The van der Waals surface area contributed by atoms with Crippen LogP contribution in [0.3, 0.4) is 0 Å². The first-order valence-corrected chi connectivity index (χ1v) is 10.5. The molecule has 1 amide bonds. The molecule has 0 saturated heterocycles. The Morgan fingerprint density at radius 2 is 1.76 bits per heavy atom. The van der Waals surface area contributed by atoms with E-state index in [9.17, 15) is 4.79 Å². The number of nitrogens with one attached hydrogen (secondary N) is 1. The van der Waals surface area contributed by atoms with E-state index in [-0.39, 0.29) is 17.4 Å². The van der Waals surface area contributed by atoms with E-state index < -0.39 is 0 Å². The van der Waals surface area contributed by atoms with Crippen LogP contribution in [0.4, 0.5) is 0 Å². The van der Waals surface area contributed by atoms with Crippen molar-refractivity contribution in [2.45, 2.75) is 72.4 Å². The first-order chi connectivity index (χ1) is 13.8. The van der Waals surface area contributed by atoms with E-state index in [1.807, 2.05) is 50.2 Å². The zero-order valence-corrected chi connectivity index (χ0v) is 18.7. The quantitative estimate of drug-likeness (QED) is 0.575. The van der Waals surface area contributed by atoms with Crippen LogP contribution in [0, 0.1) is 0 Å². The molecule has 2 rings (SSSR count). The van der Waals surface area contributed by atoms with E-state index >= 15 is 0 Å². The Balaban J connectivity index is 2.24. The third-order valence-corrected chi connectivity index (χ3v) is 4.80. The third kappa shape index (κ3) is 6.52. The van der Waals surface area contributed by atoms with Crippen LogP contribution in [0.2, 0.25) is 0 Å². The summed E-state index contributed by atoms with van der Waals surface area (Å²) in [5.74, 6) is 1.54. The molecule has 0 bridgehead atoms. The summed E-state index contributed by atoms with van der Waals surface area (Å²) in [5, 5.41) is 3.06. The lowest BCUT2D eigenvalue weighted by Gasteiger charge is -2.23. The first-order valence-electron chi connectivity index (χ1n) is 10.5. The lowest BCUT2D eigenvalue weighted by atomic mass is 9.86. The van der Waals surface area contributed by atoms with E-state index in [1.165, 1.54) is 0 Å². The van der Waals surface area contributed by atoms with Crippen LogP contribution in [0.5, 0.6) is 11.5 Å². The number of hydrogen-bond donors (Lipinski definition) is 1. The number of carbonyl (C=O) groups excluding carboxylic acids is 1. The number of carbonyl (C=O) groups is 1. The minimum Gasteiger partial charge on any atom is -0.493 e. The van der Waals surface area contributed by atoms with E-state index in [0.29, 0.717) is 18.8 Å². The summed E-state index contributed by atoms with van der Waals surface area (Å²) in [7, 11) is 0. The molecule has 0 radical (unpaired) electrons. The van der Waals surface area contributed by atoms with E-state index in [1.54, 1.807) is 0 Å². The van der Waals surface area contributed by atoms with Crippen molar-refractivity contribution in [3.63, 3.8) is 0 Å². The lowest BCUT2D eigenvalue weighted by Crippen LogP contribution is -2.32. The smallest absolute Gasteiger partial charge is 0.251 e. The Hall–Kier alpha value is -2.49. The van der Waals surface area contributed by atoms with Gasteiger partial charge in [-0.15, -0.1) is 0 Å². The zero-order chi connectivity index (χ0) is 21.4. The molecule has 2 aromatic carbocycles. The van der Waals surface area contributed by atoms with Crippen LogP contribution in [-0.2, 0) is 12.0 Å². The fourth-order valence-corrected chi connectivity index (χ4v) is 3.31. The third-order valence-electron chi connectivity index (χ3n) is 4.80. The second kappa shape index (κ2) is 10.3. The van der Waals surface area contributed by atoms with Crippen molar-refractivity contribution in [1.82, 2.24) is 5.32 Å². The Labute approximate surface area is 175 Å². The number of hydrogen-bond acceptors (Lipinski definition) is 3. The molecular formula is C25H35NO3. The second-order valence-electron chi connectivity index (χ2n) is 8.45. The average molecular weight is 398 g/mol. The van der Waals surface area contributed by atoms with Gasteiger partial charge < -0.3 is 14.8 Å². The van der Waals surface area contributed by atoms with E-state index in [0.717, 1.165) is 35.5 Å². The van der Waals surface area contributed by atoms with Gasteiger partial charge in [-0.25, -0.2) is 0 Å². The summed E-state index contributed by atoms with van der Waals surface area (Å²) in [6.45, 7) is 13.5. The molecule has 0 aromatic heterocycles. The van der Waals surface area contributed by atoms with Gasteiger partial charge in [0.05, 0.1) is 6.61 Å². The zero-order valence-electron chi connectivity index (χ0n) is 18.7. The first kappa shape index (κ1) is 22.8. The molecular weight excluding hydrogens is 362 g/mol. The van der Waals surface area contributed by atoms with Crippen molar-refractivity contribution in [3.05, 3.63) is 59.2 Å². The fourth-order valence-electron chi connectivity index (χ4n) is 3.31. The van der Waals surface area contributed by atoms with Crippen molar-refractivity contribution in [3.8, 4) is 11.5 Å². The van der Waals surface area contributed by atoms with Crippen LogP contribution in [0.15, 0.2) is 42.5 Å². The Kier molecular flexibility index (Phi) is 8.12. The van der Waals surface area contributed by atoms with Crippen LogP contribution < -0.4 is 14.8 Å². The predicted octanol–water partition coefficient (Wildman–Crippen LogP) is 5.88. The molecule has 29 heavy (non-hydrogen) atoms. The fraction of sp³-hybridized carbons (Fsp3) is 0.480. The molecule has 0 spiro atoms. The minimum absolute atomic E-state index is 0.0174. The van der Waals surface area contributed by atoms with Crippen molar-refractivity contribution in [2.24, 2.45) is 0 Å². The number of para-hydroxylation sites is 1. The van der Waals surface area contributed by atoms with Gasteiger partial charge in [0.1, 0.15) is 18.1 Å². The van der Waals surface area contributed by atoms with E-state index in [2.05, 4.69) is 39.1 Å². The summed E-state index contributed by atoms with van der Waals surface area (Å²) in [4.78, 5) is 12.6. The van der Waals surface area contributed by atoms with Crippen molar-refractivity contribution in [1.29, 1.82) is 0 Å². The molecule has 4 nitrogen and oxygen atoms in total. The van der Waals surface area contributed by atoms with Gasteiger partial charge in [0, 0.05) is 17.2 Å². The minimum atomic E-state index is -0.0645. The molecule has 0 fully saturated rings. The van der Waals surface area contributed by atoms with Gasteiger partial charge in [0.15, 0.2) is 0 Å². The monoisotopic (exact) mass is 397 g/mol. The van der Waals surface area contributed by atoms with Crippen molar-refractivity contribution in [2.75, 3.05) is 6.61 Å². The average Bonchev–Trinajstić information content (AvgIpc) is 2.67. The molecule has 2 aromatic rings. The highest BCUT2D eigenvalue weighted by molar-refractivity contribution is 5.94.